The molecule has 3 rings (SSSR count). The van der Waals surface area contributed by atoms with Gasteiger partial charge >= 0.3 is 0 Å². The van der Waals surface area contributed by atoms with Gasteiger partial charge in [-0.1, -0.05) is 41.9 Å². The average Bonchev–Trinajstić information content (AvgIpc) is 3.05. The van der Waals surface area contributed by atoms with Crippen LogP contribution < -0.4 is 10.6 Å². The van der Waals surface area contributed by atoms with Gasteiger partial charge in [-0.3, -0.25) is 9.59 Å². The van der Waals surface area contributed by atoms with Gasteiger partial charge in [0.1, 0.15) is 11.6 Å². The molecule has 0 aliphatic carbocycles. The van der Waals surface area contributed by atoms with Crippen LogP contribution in [0.15, 0.2) is 42.5 Å². The van der Waals surface area contributed by atoms with E-state index >= 15 is 0 Å². The van der Waals surface area contributed by atoms with Gasteiger partial charge in [0.25, 0.3) is 0 Å². The third kappa shape index (κ3) is 4.82. The minimum atomic E-state index is -0.409. The molecule has 1 aromatic heterocycles. The van der Waals surface area contributed by atoms with Crippen LogP contribution in [0.5, 0.6) is 0 Å². The molecule has 6 nitrogen and oxygen atoms in total. The maximum atomic E-state index is 12.0. The predicted octanol–water partition coefficient (Wildman–Crippen LogP) is 2.92. The SMILES string of the molecule is N#CCNC(=O)CNC(=O)Cc1nc2cc(Cl)c(-c3ccccc3)cc2s1. The second-order valence-corrected chi connectivity index (χ2v) is 7.18. The van der Waals surface area contributed by atoms with Crippen LogP contribution in [0.4, 0.5) is 0 Å². The standard InChI is InChI=1S/C19H15ClN4O2S/c20-14-9-15-16(8-13(14)12-4-2-1-3-5-12)27-19(24-15)10-17(25)23-11-18(26)22-7-6-21/h1-5,8-9H,7,10-11H2,(H,22,26)(H,23,25). The number of amides is 2. The summed E-state index contributed by atoms with van der Waals surface area (Å²) in [5, 5.41) is 14.5. The lowest BCUT2D eigenvalue weighted by Gasteiger charge is -2.04. The zero-order chi connectivity index (χ0) is 19.2. The average molecular weight is 399 g/mol. The Kier molecular flexibility index (Phi) is 6.01. The minimum absolute atomic E-state index is 0.0726. The molecule has 0 saturated heterocycles. The lowest BCUT2D eigenvalue weighted by molar-refractivity contribution is -0.125. The van der Waals surface area contributed by atoms with Crippen molar-refractivity contribution in [2.24, 2.45) is 0 Å². The first kappa shape index (κ1) is 18.8. The van der Waals surface area contributed by atoms with Gasteiger partial charge in [0, 0.05) is 5.56 Å². The van der Waals surface area contributed by atoms with Gasteiger partial charge in [-0.2, -0.15) is 5.26 Å². The van der Waals surface area contributed by atoms with E-state index < -0.39 is 5.91 Å². The van der Waals surface area contributed by atoms with E-state index in [4.69, 9.17) is 16.9 Å². The van der Waals surface area contributed by atoms with Gasteiger partial charge in [0.2, 0.25) is 11.8 Å². The summed E-state index contributed by atoms with van der Waals surface area (Å²) in [5.41, 5.74) is 2.67. The molecule has 0 bridgehead atoms. The Morgan fingerprint density at radius 1 is 1.15 bits per heavy atom. The second-order valence-electron chi connectivity index (χ2n) is 5.66. The van der Waals surface area contributed by atoms with Crippen molar-refractivity contribution < 1.29 is 9.59 Å². The molecule has 1 heterocycles. The van der Waals surface area contributed by atoms with Crippen LogP contribution in [0.2, 0.25) is 5.02 Å². The molecule has 0 aliphatic heterocycles. The number of carbonyl (C=O) groups is 2. The number of nitrogens with zero attached hydrogens (tertiary/aromatic N) is 2. The molecular weight excluding hydrogens is 384 g/mol. The van der Waals surface area contributed by atoms with Crippen LogP contribution in [0.3, 0.4) is 0 Å². The van der Waals surface area contributed by atoms with Crippen LogP contribution in [0, 0.1) is 11.3 Å². The predicted molar refractivity (Wildman–Crippen MR) is 105 cm³/mol. The molecule has 2 amide bonds. The fourth-order valence-electron chi connectivity index (χ4n) is 2.49. The van der Waals surface area contributed by atoms with Gasteiger partial charge in [0.15, 0.2) is 0 Å². The molecule has 0 fully saturated rings. The zero-order valence-electron chi connectivity index (χ0n) is 14.2. The summed E-state index contributed by atoms with van der Waals surface area (Å²) in [7, 11) is 0. The highest BCUT2D eigenvalue weighted by molar-refractivity contribution is 7.18. The zero-order valence-corrected chi connectivity index (χ0v) is 15.7. The Morgan fingerprint density at radius 3 is 2.67 bits per heavy atom. The molecule has 2 aromatic carbocycles. The molecular formula is C19H15ClN4O2S. The van der Waals surface area contributed by atoms with E-state index in [1.54, 1.807) is 12.1 Å². The molecule has 0 saturated carbocycles. The Morgan fingerprint density at radius 2 is 1.93 bits per heavy atom. The molecule has 8 heteroatoms. The van der Waals surface area contributed by atoms with E-state index in [0.717, 1.165) is 21.3 Å². The normalized spacial score (nSPS) is 10.4. The Labute approximate surface area is 164 Å². The van der Waals surface area contributed by atoms with Crippen LogP contribution in [0.1, 0.15) is 5.01 Å². The number of carbonyl (C=O) groups excluding carboxylic acids is 2. The third-order valence-corrected chi connectivity index (χ3v) is 5.06. The van der Waals surface area contributed by atoms with Gasteiger partial charge in [0.05, 0.1) is 34.3 Å². The number of hydrogen-bond donors (Lipinski definition) is 2. The number of nitriles is 1. The minimum Gasteiger partial charge on any atom is -0.347 e. The lowest BCUT2D eigenvalue weighted by atomic mass is 10.1. The van der Waals surface area contributed by atoms with E-state index in [9.17, 15) is 9.59 Å². The number of benzene rings is 2. The van der Waals surface area contributed by atoms with E-state index in [-0.39, 0.29) is 25.4 Å². The highest BCUT2D eigenvalue weighted by Crippen LogP contribution is 2.34. The smallest absolute Gasteiger partial charge is 0.240 e. The van der Waals surface area contributed by atoms with Crippen molar-refractivity contribution >= 4 is 45.0 Å². The lowest BCUT2D eigenvalue weighted by Crippen LogP contribution is -2.37. The van der Waals surface area contributed by atoms with Gasteiger partial charge in [-0.25, -0.2) is 4.98 Å². The van der Waals surface area contributed by atoms with E-state index in [2.05, 4.69) is 15.6 Å². The molecule has 0 aliphatic rings. The molecule has 2 N–H and O–H groups in total. The Bertz CT molecular complexity index is 1030. The number of nitrogens with one attached hydrogen (secondary N) is 2. The monoisotopic (exact) mass is 398 g/mol. The number of thiazole rings is 1. The maximum Gasteiger partial charge on any atom is 0.240 e. The van der Waals surface area contributed by atoms with Crippen molar-refractivity contribution in [1.82, 2.24) is 15.6 Å². The van der Waals surface area contributed by atoms with Gasteiger partial charge in [-0.05, 0) is 17.7 Å². The molecule has 27 heavy (non-hydrogen) atoms. The first-order valence-corrected chi connectivity index (χ1v) is 9.31. The molecule has 0 atom stereocenters. The third-order valence-electron chi connectivity index (χ3n) is 3.73. The Balaban J connectivity index is 1.71. The summed E-state index contributed by atoms with van der Waals surface area (Å²) >= 11 is 7.81. The summed E-state index contributed by atoms with van der Waals surface area (Å²) in [6, 6.07) is 15.4. The van der Waals surface area contributed by atoms with Crippen LogP contribution in [0.25, 0.3) is 21.3 Å². The van der Waals surface area contributed by atoms with Gasteiger partial charge < -0.3 is 10.6 Å². The first-order chi connectivity index (χ1) is 13.1. The van der Waals surface area contributed by atoms with Crippen molar-refractivity contribution in [2.75, 3.05) is 13.1 Å². The number of fused-ring (bicyclic) bond motifs is 1. The molecule has 136 valence electrons. The maximum absolute atomic E-state index is 12.0. The van der Waals surface area contributed by atoms with Crippen LogP contribution in [-0.2, 0) is 16.0 Å². The van der Waals surface area contributed by atoms with E-state index in [0.29, 0.717) is 10.0 Å². The van der Waals surface area contributed by atoms with Crippen molar-refractivity contribution in [1.29, 1.82) is 5.26 Å². The van der Waals surface area contributed by atoms with E-state index in [1.165, 1.54) is 11.3 Å². The van der Waals surface area contributed by atoms with Crippen LogP contribution >= 0.6 is 22.9 Å². The number of rotatable bonds is 6. The van der Waals surface area contributed by atoms with Crippen LogP contribution in [-0.4, -0.2) is 29.9 Å². The molecule has 0 spiro atoms. The Hall–Kier alpha value is -2.95. The number of hydrogen-bond acceptors (Lipinski definition) is 5. The second kappa shape index (κ2) is 8.62. The largest absolute Gasteiger partial charge is 0.347 e. The highest BCUT2D eigenvalue weighted by atomic mass is 35.5. The van der Waals surface area contributed by atoms with Crippen molar-refractivity contribution in [2.45, 2.75) is 6.42 Å². The quantitative estimate of drug-likeness (QED) is 0.624. The summed E-state index contributed by atoms with van der Waals surface area (Å²) in [5.74, 6) is -0.718. The molecule has 0 unspecified atom stereocenters. The van der Waals surface area contributed by atoms with Crippen molar-refractivity contribution in [3.05, 3.63) is 52.5 Å². The molecule has 0 radical (unpaired) electrons. The van der Waals surface area contributed by atoms with Crippen molar-refractivity contribution in [3.63, 3.8) is 0 Å². The first-order valence-electron chi connectivity index (χ1n) is 8.11. The topological polar surface area (TPSA) is 94.9 Å². The van der Waals surface area contributed by atoms with Crippen molar-refractivity contribution in [3.8, 4) is 17.2 Å². The number of aromatic nitrogens is 1. The summed E-state index contributed by atoms with van der Waals surface area (Å²) in [6.07, 6.45) is 0.0726. The highest BCUT2D eigenvalue weighted by Gasteiger charge is 2.13. The van der Waals surface area contributed by atoms with E-state index in [1.807, 2.05) is 36.4 Å². The number of halogens is 1. The van der Waals surface area contributed by atoms with Gasteiger partial charge in [-0.15, -0.1) is 11.3 Å². The fourth-order valence-corrected chi connectivity index (χ4v) is 3.74. The fraction of sp³-hybridized carbons (Fsp3) is 0.158. The summed E-state index contributed by atoms with van der Waals surface area (Å²) < 4.78 is 0.938. The molecule has 3 aromatic rings. The summed E-state index contributed by atoms with van der Waals surface area (Å²) in [4.78, 5) is 27.9. The summed E-state index contributed by atoms with van der Waals surface area (Å²) in [6.45, 7) is -0.257.